The predicted octanol–water partition coefficient (Wildman–Crippen LogP) is 3.28. The first kappa shape index (κ1) is 17.0. The summed E-state index contributed by atoms with van der Waals surface area (Å²) < 4.78 is 5.73. The minimum absolute atomic E-state index is 0.568. The van der Waals surface area contributed by atoms with Gasteiger partial charge in [-0.05, 0) is 50.6 Å². The first-order valence-electron chi connectivity index (χ1n) is 9.65. The Kier molecular flexibility index (Phi) is 4.32. The van der Waals surface area contributed by atoms with E-state index in [0.717, 1.165) is 59.6 Å². The summed E-state index contributed by atoms with van der Waals surface area (Å²) >= 11 is 0. The van der Waals surface area contributed by atoms with Gasteiger partial charge in [-0.15, -0.1) is 0 Å². The van der Waals surface area contributed by atoms with Crippen molar-refractivity contribution < 1.29 is 4.42 Å². The Morgan fingerprint density at radius 3 is 3.18 bits per heavy atom. The molecule has 0 aliphatic carbocycles. The number of benzene rings is 1. The van der Waals surface area contributed by atoms with Crippen molar-refractivity contribution in [1.29, 1.82) is 0 Å². The lowest BCUT2D eigenvalue weighted by atomic mass is 9.98. The molecule has 5 rings (SSSR count). The predicted molar refractivity (Wildman–Crippen MR) is 110 cm³/mol. The number of rotatable bonds is 5. The lowest BCUT2D eigenvalue weighted by molar-refractivity contribution is 0.401. The Morgan fingerprint density at radius 2 is 2.25 bits per heavy atom. The zero-order chi connectivity index (χ0) is 18.9. The number of nitrogens with one attached hydrogen (secondary N) is 3. The number of anilines is 3. The van der Waals surface area contributed by atoms with E-state index in [9.17, 15) is 0 Å². The van der Waals surface area contributed by atoms with Crippen LogP contribution in [0.4, 0.5) is 17.5 Å². The zero-order valence-corrected chi connectivity index (χ0v) is 15.8. The van der Waals surface area contributed by atoms with E-state index in [-0.39, 0.29) is 0 Å². The van der Waals surface area contributed by atoms with Gasteiger partial charge in [-0.3, -0.25) is 5.10 Å². The normalized spacial score (nSPS) is 17.5. The van der Waals surface area contributed by atoms with E-state index in [0.29, 0.717) is 11.9 Å². The molecule has 144 valence electrons. The summed E-state index contributed by atoms with van der Waals surface area (Å²) in [6, 6.07) is 7.92. The fourth-order valence-corrected chi connectivity index (χ4v) is 3.97. The highest BCUT2D eigenvalue weighted by atomic mass is 16.3. The number of nitrogens with zero attached hydrogens (tertiary/aromatic N) is 4. The number of H-pyrrole nitrogens is 1. The van der Waals surface area contributed by atoms with Gasteiger partial charge in [-0.2, -0.15) is 10.1 Å². The summed E-state index contributed by atoms with van der Waals surface area (Å²) in [5.74, 6) is 2.04. The average Bonchev–Trinajstić information content (AvgIpc) is 3.36. The van der Waals surface area contributed by atoms with Crippen molar-refractivity contribution in [3.8, 4) is 0 Å². The maximum absolute atomic E-state index is 5.73. The van der Waals surface area contributed by atoms with Crippen molar-refractivity contribution >= 4 is 39.5 Å². The minimum atomic E-state index is 0.568. The van der Waals surface area contributed by atoms with Gasteiger partial charge >= 0.3 is 0 Å². The number of aromatic amines is 1. The molecule has 0 amide bonds. The molecule has 8 nitrogen and oxygen atoms in total. The second kappa shape index (κ2) is 7.12. The van der Waals surface area contributed by atoms with Gasteiger partial charge in [0.15, 0.2) is 11.4 Å². The van der Waals surface area contributed by atoms with Gasteiger partial charge in [0.2, 0.25) is 5.95 Å². The fraction of sp³-hybridized carbons (Fsp3) is 0.350. The van der Waals surface area contributed by atoms with Gasteiger partial charge in [-0.1, -0.05) is 0 Å². The molecule has 1 aliphatic heterocycles. The zero-order valence-electron chi connectivity index (χ0n) is 15.8. The molecular weight excluding hydrogens is 354 g/mol. The van der Waals surface area contributed by atoms with Crippen LogP contribution in [0, 0.1) is 5.92 Å². The van der Waals surface area contributed by atoms with Crippen LogP contribution in [0.5, 0.6) is 0 Å². The topological polar surface area (TPSA) is 94.9 Å². The van der Waals surface area contributed by atoms with Crippen molar-refractivity contribution in [3.63, 3.8) is 0 Å². The number of hydrogen-bond acceptors (Lipinski definition) is 7. The monoisotopic (exact) mass is 377 g/mol. The first-order valence-corrected chi connectivity index (χ1v) is 9.65. The molecule has 0 radical (unpaired) electrons. The van der Waals surface area contributed by atoms with E-state index < -0.39 is 0 Å². The van der Waals surface area contributed by atoms with Crippen LogP contribution in [0.1, 0.15) is 12.8 Å². The maximum atomic E-state index is 5.73. The van der Waals surface area contributed by atoms with Gasteiger partial charge in [-0.25, -0.2) is 4.98 Å². The number of hydrogen-bond donors (Lipinski definition) is 3. The van der Waals surface area contributed by atoms with Crippen molar-refractivity contribution in [2.24, 2.45) is 5.92 Å². The number of furan rings is 1. The standard InChI is InChI=1S/C20H23N7O/c1-21-10-13-3-2-7-27(12-13)19-18-16(6-8-28-18)24-20(25-19)23-15-5-4-14-11-22-26-17(14)9-15/h4-6,8-9,11,13,21H,2-3,7,10,12H2,1H3,(H,22,26)(H,23,24,25). The summed E-state index contributed by atoms with van der Waals surface area (Å²) in [4.78, 5) is 11.8. The largest absolute Gasteiger partial charge is 0.459 e. The van der Waals surface area contributed by atoms with Gasteiger partial charge in [0.05, 0.1) is 18.0 Å². The maximum Gasteiger partial charge on any atom is 0.229 e. The number of fused-ring (bicyclic) bond motifs is 2. The summed E-state index contributed by atoms with van der Waals surface area (Å²) in [7, 11) is 2.01. The molecule has 1 fully saturated rings. The molecule has 28 heavy (non-hydrogen) atoms. The van der Waals surface area contributed by atoms with E-state index in [1.54, 1.807) is 6.26 Å². The van der Waals surface area contributed by atoms with Crippen LogP contribution in [0.15, 0.2) is 41.1 Å². The molecule has 3 aromatic heterocycles. The van der Waals surface area contributed by atoms with Gasteiger partial charge in [0.1, 0.15) is 5.52 Å². The van der Waals surface area contributed by atoms with Crippen LogP contribution in [0.3, 0.4) is 0 Å². The first-order chi connectivity index (χ1) is 13.8. The molecule has 4 aromatic rings. The third-order valence-corrected chi connectivity index (χ3v) is 5.30. The van der Waals surface area contributed by atoms with Crippen molar-refractivity contribution in [3.05, 3.63) is 36.7 Å². The fourth-order valence-electron chi connectivity index (χ4n) is 3.97. The summed E-state index contributed by atoms with van der Waals surface area (Å²) in [6.07, 6.45) is 5.87. The Balaban J connectivity index is 1.48. The Labute approximate surface area is 162 Å². The van der Waals surface area contributed by atoms with E-state index in [1.807, 2.05) is 37.5 Å². The lowest BCUT2D eigenvalue weighted by Gasteiger charge is -2.33. The molecule has 3 N–H and O–H groups in total. The summed E-state index contributed by atoms with van der Waals surface area (Å²) in [5.41, 5.74) is 3.45. The quantitative estimate of drug-likeness (QED) is 0.491. The van der Waals surface area contributed by atoms with Crippen LogP contribution in [-0.4, -0.2) is 46.8 Å². The second-order valence-corrected chi connectivity index (χ2v) is 7.31. The van der Waals surface area contributed by atoms with E-state index in [2.05, 4.69) is 30.7 Å². The number of piperidine rings is 1. The highest BCUT2D eigenvalue weighted by molar-refractivity contribution is 5.86. The molecule has 1 unspecified atom stereocenters. The Bertz CT molecular complexity index is 1100. The van der Waals surface area contributed by atoms with E-state index in [4.69, 9.17) is 9.40 Å². The molecular formula is C20H23N7O. The van der Waals surface area contributed by atoms with Crippen LogP contribution in [-0.2, 0) is 0 Å². The smallest absolute Gasteiger partial charge is 0.229 e. The average molecular weight is 377 g/mol. The van der Waals surface area contributed by atoms with Gasteiger partial charge in [0.25, 0.3) is 0 Å². The molecule has 4 heterocycles. The van der Waals surface area contributed by atoms with E-state index in [1.165, 1.54) is 6.42 Å². The minimum Gasteiger partial charge on any atom is -0.459 e. The van der Waals surface area contributed by atoms with Gasteiger partial charge in [0, 0.05) is 30.2 Å². The van der Waals surface area contributed by atoms with Crippen LogP contribution >= 0.6 is 0 Å². The number of aromatic nitrogens is 4. The molecule has 8 heteroatoms. The second-order valence-electron chi connectivity index (χ2n) is 7.31. The van der Waals surface area contributed by atoms with Crippen molar-refractivity contribution in [2.75, 3.05) is 36.9 Å². The van der Waals surface area contributed by atoms with Gasteiger partial charge < -0.3 is 20.0 Å². The SMILES string of the molecule is CNCC1CCCN(c2nc(Nc3ccc4cn[nH]c4c3)nc3ccoc23)C1. The van der Waals surface area contributed by atoms with Crippen LogP contribution in [0.25, 0.3) is 22.0 Å². The molecule has 1 aliphatic rings. The van der Waals surface area contributed by atoms with Crippen LogP contribution < -0.4 is 15.5 Å². The highest BCUT2D eigenvalue weighted by Gasteiger charge is 2.24. The molecule has 1 aromatic carbocycles. The third-order valence-electron chi connectivity index (χ3n) is 5.30. The molecule has 0 spiro atoms. The molecule has 1 atom stereocenters. The Morgan fingerprint density at radius 1 is 1.29 bits per heavy atom. The molecule has 1 saturated heterocycles. The molecule has 0 saturated carbocycles. The summed E-state index contributed by atoms with van der Waals surface area (Å²) in [6.45, 7) is 2.96. The van der Waals surface area contributed by atoms with E-state index >= 15 is 0 Å². The highest BCUT2D eigenvalue weighted by Crippen LogP contribution is 2.30. The molecule has 0 bridgehead atoms. The Hall–Kier alpha value is -3.13. The van der Waals surface area contributed by atoms with Crippen LogP contribution in [0.2, 0.25) is 0 Å². The lowest BCUT2D eigenvalue weighted by Crippen LogP contribution is -2.39. The van der Waals surface area contributed by atoms with Crippen molar-refractivity contribution in [2.45, 2.75) is 12.8 Å². The third kappa shape index (κ3) is 3.16. The van der Waals surface area contributed by atoms with Crippen molar-refractivity contribution in [1.82, 2.24) is 25.5 Å². The summed E-state index contributed by atoms with van der Waals surface area (Å²) in [5, 5.41) is 14.8.